The van der Waals surface area contributed by atoms with Crippen LogP contribution in [0.15, 0.2) is 32.9 Å². The fraction of sp³-hybridized carbons (Fsp3) is 0.167. The average Bonchev–Trinajstić information content (AvgIpc) is 2.85. The highest BCUT2D eigenvalue weighted by atomic mass is 79.9. The molecule has 114 valence electrons. The number of hydrogen-bond acceptors (Lipinski definition) is 4. The van der Waals surface area contributed by atoms with Crippen LogP contribution in [0, 0.1) is 11.6 Å². The number of benzene rings is 1. The number of nitrogens with one attached hydrogen (secondary N) is 1. The maximum atomic E-state index is 13.7. The first-order valence-corrected chi connectivity index (χ1v) is 8.89. The lowest BCUT2D eigenvalue weighted by molar-refractivity contribution is 0.481. The van der Waals surface area contributed by atoms with Gasteiger partial charge in [-0.15, -0.1) is 11.3 Å². The summed E-state index contributed by atoms with van der Waals surface area (Å²) in [6, 6.07) is 3.65. The first kappa shape index (κ1) is 16.5. The smallest absolute Gasteiger partial charge is 0.243 e. The SMILES string of the molecule is NCc1cc(F)c(F)c(S(=O)(=O)NCc2cc(Br)cs2)c1. The summed E-state index contributed by atoms with van der Waals surface area (Å²) < 4.78 is 54.3. The molecule has 0 spiro atoms. The van der Waals surface area contributed by atoms with E-state index in [4.69, 9.17) is 5.73 Å². The van der Waals surface area contributed by atoms with E-state index in [9.17, 15) is 17.2 Å². The van der Waals surface area contributed by atoms with Gasteiger partial charge in [0.1, 0.15) is 4.90 Å². The molecule has 1 aromatic carbocycles. The third-order valence-electron chi connectivity index (χ3n) is 2.64. The Morgan fingerprint density at radius 2 is 2.00 bits per heavy atom. The summed E-state index contributed by atoms with van der Waals surface area (Å²) in [6.45, 7) is -0.0932. The Bertz CT molecular complexity index is 763. The second-order valence-electron chi connectivity index (χ2n) is 4.15. The summed E-state index contributed by atoms with van der Waals surface area (Å²) in [5, 5.41) is 1.79. The molecule has 0 unspecified atom stereocenters. The van der Waals surface area contributed by atoms with E-state index in [1.165, 1.54) is 11.3 Å². The molecule has 0 saturated carbocycles. The molecule has 3 N–H and O–H groups in total. The largest absolute Gasteiger partial charge is 0.326 e. The molecular formula is C12H11BrF2N2O2S2. The molecule has 0 aliphatic rings. The zero-order valence-electron chi connectivity index (χ0n) is 10.6. The van der Waals surface area contributed by atoms with Crippen molar-refractivity contribution in [2.75, 3.05) is 0 Å². The van der Waals surface area contributed by atoms with Crippen molar-refractivity contribution < 1.29 is 17.2 Å². The number of halogens is 3. The third kappa shape index (κ3) is 3.86. The van der Waals surface area contributed by atoms with E-state index in [1.54, 1.807) is 11.4 Å². The molecule has 0 radical (unpaired) electrons. The van der Waals surface area contributed by atoms with Crippen molar-refractivity contribution in [1.82, 2.24) is 4.72 Å². The van der Waals surface area contributed by atoms with Crippen molar-refractivity contribution in [2.24, 2.45) is 5.73 Å². The van der Waals surface area contributed by atoms with Gasteiger partial charge in [0, 0.05) is 27.8 Å². The van der Waals surface area contributed by atoms with E-state index in [2.05, 4.69) is 20.7 Å². The van der Waals surface area contributed by atoms with Gasteiger partial charge in [-0.1, -0.05) is 0 Å². The van der Waals surface area contributed by atoms with Crippen molar-refractivity contribution in [2.45, 2.75) is 18.0 Å². The highest BCUT2D eigenvalue weighted by molar-refractivity contribution is 9.10. The van der Waals surface area contributed by atoms with E-state index in [0.717, 1.165) is 21.5 Å². The van der Waals surface area contributed by atoms with E-state index < -0.39 is 26.6 Å². The molecule has 9 heteroatoms. The lowest BCUT2D eigenvalue weighted by Gasteiger charge is -2.09. The van der Waals surface area contributed by atoms with Gasteiger partial charge in [-0.3, -0.25) is 0 Å². The summed E-state index contributed by atoms with van der Waals surface area (Å²) in [4.78, 5) is -0.000110. The minimum atomic E-state index is -4.16. The Balaban J connectivity index is 2.29. The van der Waals surface area contributed by atoms with Crippen LogP contribution in [-0.2, 0) is 23.1 Å². The van der Waals surface area contributed by atoms with Gasteiger partial charge in [-0.05, 0) is 39.7 Å². The molecule has 1 heterocycles. The number of nitrogens with two attached hydrogens (primary N) is 1. The lowest BCUT2D eigenvalue weighted by Crippen LogP contribution is -2.24. The number of sulfonamides is 1. The molecule has 0 fully saturated rings. The van der Waals surface area contributed by atoms with Gasteiger partial charge in [-0.25, -0.2) is 21.9 Å². The van der Waals surface area contributed by atoms with Gasteiger partial charge in [0.15, 0.2) is 11.6 Å². The first-order chi connectivity index (χ1) is 9.83. The predicted molar refractivity (Wildman–Crippen MR) is 80.3 cm³/mol. The number of rotatable bonds is 5. The van der Waals surface area contributed by atoms with Crippen LogP contribution >= 0.6 is 27.3 Å². The Morgan fingerprint density at radius 3 is 2.57 bits per heavy atom. The summed E-state index contributed by atoms with van der Waals surface area (Å²) in [5.74, 6) is -2.65. The predicted octanol–water partition coefficient (Wildman–Crippen LogP) is 2.73. The highest BCUT2D eigenvalue weighted by Crippen LogP contribution is 2.22. The number of hydrogen-bond donors (Lipinski definition) is 2. The molecule has 2 aromatic rings. The first-order valence-electron chi connectivity index (χ1n) is 5.74. The van der Waals surface area contributed by atoms with Gasteiger partial charge in [0.2, 0.25) is 10.0 Å². The second kappa shape index (κ2) is 6.49. The second-order valence-corrected chi connectivity index (χ2v) is 7.80. The van der Waals surface area contributed by atoms with Gasteiger partial charge >= 0.3 is 0 Å². The summed E-state index contributed by atoms with van der Waals surface area (Å²) in [7, 11) is -4.16. The Labute approximate surface area is 133 Å². The lowest BCUT2D eigenvalue weighted by atomic mass is 10.2. The molecule has 0 aliphatic heterocycles. The van der Waals surface area contributed by atoms with Gasteiger partial charge in [-0.2, -0.15) is 0 Å². The van der Waals surface area contributed by atoms with E-state index in [-0.39, 0.29) is 18.7 Å². The topological polar surface area (TPSA) is 72.2 Å². The molecule has 4 nitrogen and oxygen atoms in total. The van der Waals surface area contributed by atoms with Crippen LogP contribution in [0.25, 0.3) is 0 Å². The quantitative estimate of drug-likeness (QED) is 0.815. The van der Waals surface area contributed by atoms with Crippen LogP contribution in [0.4, 0.5) is 8.78 Å². The zero-order chi connectivity index (χ0) is 15.6. The average molecular weight is 397 g/mol. The van der Waals surface area contributed by atoms with Crippen molar-refractivity contribution in [3.05, 3.63) is 50.1 Å². The Hall–Kier alpha value is -0.870. The van der Waals surface area contributed by atoms with Crippen LogP contribution in [0.3, 0.4) is 0 Å². The molecule has 21 heavy (non-hydrogen) atoms. The minimum Gasteiger partial charge on any atom is -0.326 e. The molecule has 0 bridgehead atoms. The molecule has 0 atom stereocenters. The fourth-order valence-electron chi connectivity index (χ4n) is 1.62. The molecule has 0 aliphatic carbocycles. The van der Waals surface area contributed by atoms with Crippen molar-refractivity contribution >= 4 is 37.3 Å². The molecule has 2 rings (SSSR count). The molecule has 0 amide bonds. The van der Waals surface area contributed by atoms with Crippen molar-refractivity contribution in [1.29, 1.82) is 0 Å². The van der Waals surface area contributed by atoms with Crippen LogP contribution in [-0.4, -0.2) is 8.42 Å². The van der Waals surface area contributed by atoms with E-state index in [1.807, 2.05) is 0 Å². The maximum Gasteiger partial charge on any atom is 0.243 e. The van der Waals surface area contributed by atoms with E-state index >= 15 is 0 Å². The third-order valence-corrected chi connectivity index (χ3v) is 5.74. The van der Waals surface area contributed by atoms with Crippen LogP contribution in [0.1, 0.15) is 10.4 Å². The van der Waals surface area contributed by atoms with Crippen LogP contribution in [0.2, 0.25) is 0 Å². The molecule has 0 saturated heterocycles. The maximum absolute atomic E-state index is 13.7. The van der Waals surface area contributed by atoms with Crippen molar-refractivity contribution in [3.8, 4) is 0 Å². The summed E-state index contributed by atoms with van der Waals surface area (Å²) in [6.07, 6.45) is 0. The Morgan fingerprint density at radius 1 is 1.29 bits per heavy atom. The highest BCUT2D eigenvalue weighted by Gasteiger charge is 2.22. The summed E-state index contributed by atoms with van der Waals surface area (Å²) in [5.41, 5.74) is 5.54. The van der Waals surface area contributed by atoms with Gasteiger partial charge < -0.3 is 5.73 Å². The normalized spacial score (nSPS) is 11.8. The Kier molecular flexibility index (Phi) is 5.10. The summed E-state index contributed by atoms with van der Waals surface area (Å²) >= 11 is 4.59. The van der Waals surface area contributed by atoms with Crippen LogP contribution < -0.4 is 10.5 Å². The van der Waals surface area contributed by atoms with Gasteiger partial charge in [0.05, 0.1) is 0 Å². The monoisotopic (exact) mass is 396 g/mol. The van der Waals surface area contributed by atoms with Crippen LogP contribution in [0.5, 0.6) is 0 Å². The molecular weight excluding hydrogens is 386 g/mol. The van der Waals surface area contributed by atoms with Gasteiger partial charge in [0.25, 0.3) is 0 Å². The fourth-order valence-corrected chi connectivity index (χ4v) is 4.24. The molecule has 1 aromatic heterocycles. The standard InChI is InChI=1S/C12H11BrF2N2O2S2/c13-8-3-9(20-6-8)5-17-21(18,19)11-2-7(4-16)1-10(14)12(11)15/h1-3,6,17H,4-5,16H2. The van der Waals surface area contributed by atoms with E-state index in [0.29, 0.717) is 0 Å². The van der Waals surface area contributed by atoms with Crippen molar-refractivity contribution in [3.63, 3.8) is 0 Å². The minimum absolute atomic E-state index is 0.00743. The zero-order valence-corrected chi connectivity index (χ0v) is 13.8. The number of thiophene rings is 1.